The van der Waals surface area contributed by atoms with Crippen LogP contribution in [0, 0.1) is 22.6 Å². The number of hydrogen-bond donors (Lipinski definition) is 1. The number of ether oxygens (including phenoxy) is 1. The second-order valence-corrected chi connectivity index (χ2v) is 4.45. The van der Waals surface area contributed by atoms with Crippen LogP contribution in [0.4, 0.5) is 10.1 Å². The minimum Gasteiger partial charge on any atom is -0.494 e. The lowest BCUT2D eigenvalue weighted by Gasteiger charge is -2.35. The molecule has 1 aromatic carbocycles. The summed E-state index contributed by atoms with van der Waals surface area (Å²) in [4.78, 5) is 0. The zero-order valence-electron chi connectivity index (χ0n) is 9.79. The molecule has 0 heterocycles. The largest absolute Gasteiger partial charge is 0.494 e. The Bertz CT molecular complexity index is 449. The highest BCUT2D eigenvalue weighted by molar-refractivity contribution is 5.47. The van der Waals surface area contributed by atoms with E-state index in [4.69, 9.17) is 10.00 Å². The maximum absolute atomic E-state index is 13.4. The standard InChI is InChI=1S/C13H15FN2O/c1-17-12-4-3-10(7-11(12)14)16-9-13(8-15)5-2-6-13/h3-4,7,16H,2,5-6,9H2,1H3. The smallest absolute Gasteiger partial charge is 0.167 e. The topological polar surface area (TPSA) is 45.0 Å². The quantitative estimate of drug-likeness (QED) is 0.871. The first-order chi connectivity index (χ1) is 8.19. The summed E-state index contributed by atoms with van der Waals surface area (Å²) in [6.45, 7) is 0.579. The molecule has 90 valence electrons. The van der Waals surface area contributed by atoms with Gasteiger partial charge in [-0.1, -0.05) is 6.42 Å². The van der Waals surface area contributed by atoms with E-state index in [2.05, 4.69) is 11.4 Å². The molecule has 3 nitrogen and oxygen atoms in total. The Labute approximate surface area is 100 Å². The average molecular weight is 234 g/mol. The number of nitriles is 1. The molecule has 0 amide bonds. The molecule has 0 bridgehead atoms. The van der Waals surface area contributed by atoms with Crippen LogP contribution >= 0.6 is 0 Å². The van der Waals surface area contributed by atoms with Gasteiger partial charge in [-0.3, -0.25) is 0 Å². The van der Waals surface area contributed by atoms with Crippen molar-refractivity contribution in [3.63, 3.8) is 0 Å². The van der Waals surface area contributed by atoms with Gasteiger partial charge in [-0.05, 0) is 25.0 Å². The molecule has 4 heteroatoms. The Morgan fingerprint density at radius 1 is 1.53 bits per heavy atom. The lowest BCUT2D eigenvalue weighted by molar-refractivity contribution is 0.233. The van der Waals surface area contributed by atoms with E-state index in [-0.39, 0.29) is 11.2 Å². The van der Waals surface area contributed by atoms with Crippen molar-refractivity contribution < 1.29 is 9.13 Å². The second-order valence-electron chi connectivity index (χ2n) is 4.45. The second kappa shape index (κ2) is 4.62. The van der Waals surface area contributed by atoms with Crippen molar-refractivity contribution in [3.8, 4) is 11.8 Å². The van der Waals surface area contributed by atoms with Crippen molar-refractivity contribution in [2.75, 3.05) is 19.0 Å². The summed E-state index contributed by atoms with van der Waals surface area (Å²) >= 11 is 0. The van der Waals surface area contributed by atoms with Gasteiger partial charge in [-0.2, -0.15) is 5.26 Å². The van der Waals surface area contributed by atoms with Crippen LogP contribution in [0.1, 0.15) is 19.3 Å². The van der Waals surface area contributed by atoms with Crippen molar-refractivity contribution >= 4 is 5.69 Å². The first-order valence-electron chi connectivity index (χ1n) is 5.68. The Balaban J connectivity index is 2.00. The van der Waals surface area contributed by atoms with Crippen LogP contribution < -0.4 is 10.1 Å². The van der Waals surface area contributed by atoms with Crippen LogP contribution in [0.5, 0.6) is 5.75 Å². The normalized spacial score (nSPS) is 16.8. The van der Waals surface area contributed by atoms with Crippen LogP contribution in [0.15, 0.2) is 18.2 Å². The van der Waals surface area contributed by atoms with E-state index in [0.717, 1.165) is 19.3 Å². The van der Waals surface area contributed by atoms with Crippen LogP contribution in [0.2, 0.25) is 0 Å². The zero-order valence-corrected chi connectivity index (χ0v) is 9.79. The minimum atomic E-state index is -0.392. The Morgan fingerprint density at radius 2 is 2.29 bits per heavy atom. The fourth-order valence-electron chi connectivity index (χ4n) is 1.98. The zero-order chi connectivity index (χ0) is 12.3. The highest BCUT2D eigenvalue weighted by Crippen LogP contribution is 2.40. The first kappa shape index (κ1) is 11.7. The highest BCUT2D eigenvalue weighted by atomic mass is 19.1. The number of anilines is 1. The molecule has 17 heavy (non-hydrogen) atoms. The summed E-state index contributed by atoms with van der Waals surface area (Å²) in [5.41, 5.74) is 0.431. The number of hydrogen-bond acceptors (Lipinski definition) is 3. The number of nitrogens with one attached hydrogen (secondary N) is 1. The van der Waals surface area contributed by atoms with Gasteiger partial charge >= 0.3 is 0 Å². The molecule has 0 aromatic heterocycles. The van der Waals surface area contributed by atoms with Crippen LogP contribution in [-0.4, -0.2) is 13.7 Å². The van der Waals surface area contributed by atoms with Crippen LogP contribution in [-0.2, 0) is 0 Å². The molecule has 0 atom stereocenters. The predicted molar refractivity (Wildman–Crippen MR) is 63.3 cm³/mol. The molecule has 0 aliphatic heterocycles. The third kappa shape index (κ3) is 2.33. The summed E-state index contributed by atoms with van der Waals surface area (Å²) in [7, 11) is 1.44. The Morgan fingerprint density at radius 3 is 2.76 bits per heavy atom. The molecule has 1 aromatic rings. The molecule has 0 unspecified atom stereocenters. The molecule has 1 aliphatic rings. The molecule has 0 spiro atoms. The molecule has 1 aliphatic carbocycles. The van der Waals surface area contributed by atoms with Gasteiger partial charge in [-0.15, -0.1) is 0 Å². The van der Waals surface area contributed by atoms with Crippen molar-refractivity contribution in [1.82, 2.24) is 0 Å². The summed E-state index contributed by atoms with van der Waals surface area (Å²) in [5.74, 6) is -0.161. The molecule has 2 rings (SSSR count). The molecule has 1 N–H and O–H groups in total. The predicted octanol–water partition coefficient (Wildman–Crippen LogP) is 2.94. The lowest BCUT2D eigenvalue weighted by atomic mass is 9.70. The van der Waals surface area contributed by atoms with Crippen molar-refractivity contribution in [1.29, 1.82) is 5.26 Å². The van der Waals surface area contributed by atoms with Gasteiger partial charge in [0.15, 0.2) is 11.6 Å². The Kier molecular flexibility index (Phi) is 3.19. The van der Waals surface area contributed by atoms with Crippen molar-refractivity contribution in [2.45, 2.75) is 19.3 Å². The molecule has 0 saturated heterocycles. The molecular weight excluding hydrogens is 219 g/mol. The number of methoxy groups -OCH3 is 1. The van der Waals surface area contributed by atoms with Gasteiger partial charge < -0.3 is 10.1 Å². The van der Waals surface area contributed by atoms with Crippen molar-refractivity contribution in [3.05, 3.63) is 24.0 Å². The van der Waals surface area contributed by atoms with E-state index < -0.39 is 5.82 Å². The lowest BCUT2D eigenvalue weighted by Crippen LogP contribution is -2.35. The molecular formula is C13H15FN2O. The van der Waals surface area contributed by atoms with Gasteiger partial charge in [0.1, 0.15) is 0 Å². The van der Waals surface area contributed by atoms with Crippen LogP contribution in [0.25, 0.3) is 0 Å². The minimum absolute atomic E-state index is 0.231. The maximum Gasteiger partial charge on any atom is 0.167 e. The third-order valence-corrected chi connectivity index (χ3v) is 3.33. The number of nitrogens with zero attached hydrogens (tertiary/aromatic N) is 1. The summed E-state index contributed by atoms with van der Waals surface area (Å²) < 4.78 is 18.3. The van der Waals surface area contributed by atoms with E-state index in [0.29, 0.717) is 12.2 Å². The van der Waals surface area contributed by atoms with Gasteiger partial charge in [0, 0.05) is 18.3 Å². The van der Waals surface area contributed by atoms with E-state index in [1.54, 1.807) is 12.1 Å². The number of rotatable bonds is 4. The third-order valence-electron chi connectivity index (χ3n) is 3.33. The number of halogens is 1. The maximum atomic E-state index is 13.4. The van der Waals surface area contributed by atoms with Gasteiger partial charge in [0.2, 0.25) is 0 Å². The average Bonchev–Trinajstić information content (AvgIpc) is 2.28. The molecule has 1 saturated carbocycles. The molecule has 0 radical (unpaired) electrons. The van der Waals surface area contributed by atoms with E-state index >= 15 is 0 Å². The summed E-state index contributed by atoms with van der Waals surface area (Å²) in [6.07, 6.45) is 2.95. The SMILES string of the molecule is COc1ccc(NCC2(C#N)CCC2)cc1F. The van der Waals surface area contributed by atoms with Crippen LogP contribution in [0.3, 0.4) is 0 Å². The fourth-order valence-corrected chi connectivity index (χ4v) is 1.98. The van der Waals surface area contributed by atoms with E-state index in [9.17, 15) is 4.39 Å². The summed E-state index contributed by atoms with van der Waals surface area (Å²) in [5, 5.41) is 12.2. The highest BCUT2D eigenvalue weighted by Gasteiger charge is 2.36. The van der Waals surface area contributed by atoms with E-state index in [1.807, 2.05) is 0 Å². The molecule has 1 fully saturated rings. The van der Waals surface area contributed by atoms with Gasteiger partial charge in [0.25, 0.3) is 0 Å². The monoisotopic (exact) mass is 234 g/mol. The van der Waals surface area contributed by atoms with Crippen molar-refractivity contribution in [2.24, 2.45) is 5.41 Å². The summed E-state index contributed by atoms with van der Waals surface area (Å²) in [6, 6.07) is 7.07. The van der Waals surface area contributed by atoms with Gasteiger partial charge in [-0.25, -0.2) is 4.39 Å². The van der Waals surface area contributed by atoms with Gasteiger partial charge in [0.05, 0.1) is 18.6 Å². The first-order valence-corrected chi connectivity index (χ1v) is 5.68. The van der Waals surface area contributed by atoms with E-state index in [1.165, 1.54) is 13.2 Å². The fraction of sp³-hybridized carbons (Fsp3) is 0.462. The number of benzene rings is 1. The Hall–Kier alpha value is -1.76.